The van der Waals surface area contributed by atoms with Crippen molar-refractivity contribution in [3.63, 3.8) is 0 Å². The molecule has 29 heavy (non-hydrogen) atoms. The molecule has 5 atom stereocenters. The lowest BCUT2D eigenvalue weighted by atomic mass is 10.1. The Kier molecular flexibility index (Phi) is 13.7. The zero-order valence-corrected chi connectivity index (χ0v) is 18.0. The van der Waals surface area contributed by atoms with E-state index in [0.717, 1.165) is 0 Å². The maximum atomic E-state index is 12.4. The van der Waals surface area contributed by atoms with E-state index in [1.165, 1.54) is 6.92 Å². The molecular formula is C16H31N5O6S2. The van der Waals surface area contributed by atoms with Crippen LogP contribution in [0.5, 0.6) is 0 Å². The van der Waals surface area contributed by atoms with Gasteiger partial charge in [0.25, 0.3) is 0 Å². The van der Waals surface area contributed by atoms with Gasteiger partial charge in [-0.2, -0.15) is 25.3 Å². The number of hydrogen-bond donors (Lipinski definition) is 9. The number of hydrogen-bond acceptors (Lipinski definition) is 9. The highest BCUT2D eigenvalue weighted by molar-refractivity contribution is 7.80. The molecule has 9 N–H and O–H groups in total. The van der Waals surface area contributed by atoms with E-state index in [0.29, 0.717) is 19.4 Å². The molecule has 0 aliphatic heterocycles. The fourth-order valence-electron chi connectivity index (χ4n) is 2.23. The number of nitrogens with one attached hydrogen (secondary N) is 3. The first-order valence-electron chi connectivity index (χ1n) is 9.08. The molecule has 0 saturated heterocycles. The highest BCUT2D eigenvalue weighted by Crippen LogP contribution is 2.03. The summed E-state index contributed by atoms with van der Waals surface area (Å²) < 4.78 is 0. The van der Waals surface area contributed by atoms with Crippen LogP contribution in [0.25, 0.3) is 0 Å². The molecule has 0 fully saturated rings. The number of unbranched alkanes of at least 4 members (excludes halogenated alkanes) is 1. The van der Waals surface area contributed by atoms with Crippen molar-refractivity contribution in [3.8, 4) is 0 Å². The van der Waals surface area contributed by atoms with Crippen molar-refractivity contribution in [3.05, 3.63) is 0 Å². The van der Waals surface area contributed by atoms with Crippen LogP contribution < -0.4 is 27.4 Å². The highest BCUT2D eigenvalue weighted by atomic mass is 32.1. The zero-order valence-electron chi connectivity index (χ0n) is 16.2. The number of amides is 3. The van der Waals surface area contributed by atoms with E-state index in [9.17, 15) is 29.4 Å². The average Bonchev–Trinajstić information content (AvgIpc) is 2.67. The Bertz CT molecular complexity index is 566. The minimum atomic E-state index is -1.37. The minimum absolute atomic E-state index is 0.0301. The smallest absolute Gasteiger partial charge is 0.326 e. The maximum absolute atomic E-state index is 12.4. The Hall–Kier alpha value is -1.54. The molecule has 0 heterocycles. The number of carboxylic acids is 1. The van der Waals surface area contributed by atoms with Crippen LogP contribution in [0, 0.1) is 0 Å². The molecule has 0 bridgehead atoms. The number of carboxylic acid groups (broad SMARTS) is 1. The van der Waals surface area contributed by atoms with Crippen molar-refractivity contribution in [1.82, 2.24) is 16.0 Å². The summed E-state index contributed by atoms with van der Waals surface area (Å²) in [5, 5.41) is 26.0. The summed E-state index contributed by atoms with van der Waals surface area (Å²) >= 11 is 7.90. The molecule has 0 rings (SSSR count). The molecule has 13 heteroatoms. The van der Waals surface area contributed by atoms with Gasteiger partial charge in [0.05, 0.1) is 12.1 Å². The van der Waals surface area contributed by atoms with Crippen molar-refractivity contribution in [2.45, 2.75) is 56.5 Å². The first kappa shape index (κ1) is 27.5. The van der Waals surface area contributed by atoms with Crippen molar-refractivity contribution < 1.29 is 29.4 Å². The van der Waals surface area contributed by atoms with Gasteiger partial charge < -0.3 is 37.6 Å². The molecular weight excluding hydrogens is 422 g/mol. The monoisotopic (exact) mass is 453 g/mol. The summed E-state index contributed by atoms with van der Waals surface area (Å²) in [6.45, 7) is 1.68. The largest absolute Gasteiger partial charge is 0.480 e. The van der Waals surface area contributed by atoms with Gasteiger partial charge in [-0.3, -0.25) is 14.4 Å². The molecule has 0 aliphatic rings. The Labute approximate surface area is 180 Å². The van der Waals surface area contributed by atoms with E-state index < -0.39 is 54.0 Å². The first-order valence-corrected chi connectivity index (χ1v) is 10.3. The second-order valence-electron chi connectivity index (χ2n) is 6.44. The van der Waals surface area contributed by atoms with Crippen molar-refractivity contribution in [1.29, 1.82) is 0 Å². The molecule has 3 amide bonds. The van der Waals surface area contributed by atoms with Crippen LogP contribution in [0.3, 0.4) is 0 Å². The quantitative estimate of drug-likeness (QED) is 0.0994. The predicted octanol–water partition coefficient (Wildman–Crippen LogP) is -2.78. The Morgan fingerprint density at radius 1 is 0.931 bits per heavy atom. The number of aliphatic hydroxyl groups excluding tert-OH is 1. The normalized spacial score (nSPS) is 16.1. The summed E-state index contributed by atoms with van der Waals surface area (Å²) in [5.74, 6) is -3.61. The number of aliphatic hydroxyl groups is 1. The van der Waals surface area contributed by atoms with Gasteiger partial charge >= 0.3 is 5.97 Å². The lowest BCUT2D eigenvalue weighted by molar-refractivity contribution is -0.142. The van der Waals surface area contributed by atoms with Crippen molar-refractivity contribution in [2.24, 2.45) is 11.5 Å². The maximum Gasteiger partial charge on any atom is 0.326 e. The van der Waals surface area contributed by atoms with E-state index in [1.807, 2.05) is 0 Å². The van der Waals surface area contributed by atoms with E-state index in [4.69, 9.17) is 11.5 Å². The molecule has 0 radical (unpaired) electrons. The second-order valence-corrected chi connectivity index (χ2v) is 7.17. The summed E-state index contributed by atoms with van der Waals surface area (Å²) in [5.41, 5.74) is 10.9. The first-order chi connectivity index (χ1) is 13.6. The van der Waals surface area contributed by atoms with Crippen LogP contribution in [0.1, 0.15) is 26.2 Å². The standard InChI is InChI=1S/C16H31N5O6S2/c1-8(22)12(21-13(23)9(18)6-28)15(25)20-11(7-29)14(24)19-10(16(26)27)4-2-3-5-17/h8-12,22,28-29H,2-7,17-18H2,1H3,(H,19,24)(H,20,25)(H,21,23)(H,26,27). The van der Waals surface area contributed by atoms with Crippen LogP contribution in [0.15, 0.2) is 0 Å². The second kappa shape index (κ2) is 14.4. The number of nitrogens with two attached hydrogens (primary N) is 2. The van der Waals surface area contributed by atoms with Crippen LogP contribution in [0.4, 0.5) is 0 Å². The number of carbonyl (C=O) groups is 4. The zero-order chi connectivity index (χ0) is 22.6. The van der Waals surface area contributed by atoms with Crippen LogP contribution in [0.2, 0.25) is 0 Å². The van der Waals surface area contributed by atoms with Crippen molar-refractivity contribution >= 4 is 48.9 Å². The number of aliphatic carboxylic acids is 1. The Balaban J connectivity index is 5.05. The van der Waals surface area contributed by atoms with Crippen LogP contribution >= 0.6 is 25.3 Å². The van der Waals surface area contributed by atoms with Gasteiger partial charge in [0.1, 0.15) is 18.1 Å². The molecule has 0 aromatic carbocycles. The summed E-state index contributed by atoms with van der Waals surface area (Å²) in [6.07, 6.45) is 0.0150. The van der Waals surface area contributed by atoms with Gasteiger partial charge in [0.2, 0.25) is 17.7 Å². The average molecular weight is 454 g/mol. The van der Waals surface area contributed by atoms with Gasteiger partial charge in [-0.25, -0.2) is 4.79 Å². The number of rotatable bonds is 14. The van der Waals surface area contributed by atoms with E-state index in [1.54, 1.807) is 0 Å². The van der Waals surface area contributed by atoms with Gasteiger partial charge in [-0.15, -0.1) is 0 Å². The summed E-state index contributed by atoms with van der Waals surface area (Å²) in [7, 11) is 0. The van der Waals surface area contributed by atoms with E-state index >= 15 is 0 Å². The van der Waals surface area contributed by atoms with Gasteiger partial charge in [-0.05, 0) is 32.7 Å². The van der Waals surface area contributed by atoms with E-state index in [2.05, 4.69) is 41.2 Å². The Morgan fingerprint density at radius 3 is 1.97 bits per heavy atom. The third kappa shape index (κ3) is 10.2. The van der Waals surface area contributed by atoms with Gasteiger partial charge in [0, 0.05) is 11.5 Å². The molecule has 0 aliphatic carbocycles. The fourth-order valence-corrected chi connectivity index (χ4v) is 2.65. The topological polar surface area (TPSA) is 197 Å². The lowest BCUT2D eigenvalue weighted by Gasteiger charge is -2.25. The highest BCUT2D eigenvalue weighted by Gasteiger charge is 2.31. The molecule has 5 unspecified atom stereocenters. The lowest BCUT2D eigenvalue weighted by Crippen LogP contribution is -2.60. The minimum Gasteiger partial charge on any atom is -0.480 e. The predicted molar refractivity (Wildman–Crippen MR) is 114 cm³/mol. The third-order valence-corrected chi connectivity index (χ3v) is 4.73. The number of thiol groups is 2. The van der Waals surface area contributed by atoms with E-state index in [-0.39, 0.29) is 17.9 Å². The van der Waals surface area contributed by atoms with Crippen LogP contribution in [-0.2, 0) is 19.2 Å². The van der Waals surface area contributed by atoms with Gasteiger partial charge in [-0.1, -0.05) is 0 Å². The SMILES string of the molecule is CC(O)C(NC(=O)C(N)CS)C(=O)NC(CS)C(=O)NC(CCCCN)C(=O)O. The Morgan fingerprint density at radius 2 is 1.52 bits per heavy atom. The molecule has 0 aromatic heterocycles. The summed E-state index contributed by atoms with van der Waals surface area (Å²) in [4.78, 5) is 48.0. The molecule has 0 saturated carbocycles. The third-order valence-electron chi connectivity index (χ3n) is 3.97. The molecule has 0 spiro atoms. The molecule has 0 aromatic rings. The van der Waals surface area contributed by atoms with Crippen LogP contribution in [-0.4, -0.2) is 82.2 Å². The fraction of sp³-hybridized carbons (Fsp3) is 0.750. The summed E-state index contributed by atoms with van der Waals surface area (Å²) in [6, 6.07) is -4.68. The molecule has 11 nitrogen and oxygen atoms in total. The number of carbonyl (C=O) groups excluding carboxylic acids is 3. The van der Waals surface area contributed by atoms with Crippen molar-refractivity contribution in [2.75, 3.05) is 18.1 Å². The molecule has 168 valence electrons. The van der Waals surface area contributed by atoms with Gasteiger partial charge in [0.15, 0.2) is 0 Å².